The SMILES string of the molecule is CC(C)(C)OC(=O)C(COc1ccc(Br)cc1)C(=O)OCN. The van der Waals surface area contributed by atoms with Crippen molar-refractivity contribution in [2.24, 2.45) is 11.7 Å². The summed E-state index contributed by atoms with van der Waals surface area (Å²) in [6.07, 6.45) is 0. The highest BCUT2D eigenvalue weighted by molar-refractivity contribution is 9.10. The van der Waals surface area contributed by atoms with Crippen molar-refractivity contribution in [3.63, 3.8) is 0 Å². The first kappa shape index (κ1) is 18.4. The summed E-state index contributed by atoms with van der Waals surface area (Å²) in [4.78, 5) is 24.0. The summed E-state index contributed by atoms with van der Waals surface area (Å²) in [6, 6.07) is 7.00. The molecule has 22 heavy (non-hydrogen) atoms. The standard InChI is InChI=1S/C15H20BrNO5/c1-15(2,3)22-14(19)12(13(18)21-9-17)8-20-11-6-4-10(16)5-7-11/h4-7,12H,8-9,17H2,1-3H3. The summed E-state index contributed by atoms with van der Waals surface area (Å²) >= 11 is 3.31. The Balaban J connectivity index is 2.75. The second-order valence-corrected chi connectivity index (χ2v) is 6.40. The average Bonchev–Trinajstić information content (AvgIpc) is 2.39. The minimum atomic E-state index is -1.19. The minimum absolute atomic E-state index is 0.185. The number of carbonyl (C=O) groups excluding carboxylic acids is 2. The van der Waals surface area contributed by atoms with Crippen LogP contribution in [-0.2, 0) is 19.1 Å². The van der Waals surface area contributed by atoms with Crippen molar-refractivity contribution in [1.82, 2.24) is 0 Å². The quantitative estimate of drug-likeness (QED) is 0.467. The van der Waals surface area contributed by atoms with Gasteiger partial charge in [-0.3, -0.25) is 15.3 Å². The van der Waals surface area contributed by atoms with Crippen LogP contribution in [0.4, 0.5) is 0 Å². The number of rotatable bonds is 6. The van der Waals surface area contributed by atoms with Gasteiger partial charge in [-0.1, -0.05) is 15.9 Å². The molecule has 0 radical (unpaired) electrons. The molecule has 1 aromatic rings. The van der Waals surface area contributed by atoms with E-state index in [1.165, 1.54) is 0 Å². The first-order chi connectivity index (χ1) is 10.2. The molecule has 6 nitrogen and oxygen atoms in total. The molecule has 2 N–H and O–H groups in total. The zero-order valence-electron chi connectivity index (χ0n) is 12.8. The Morgan fingerprint density at radius 2 is 1.77 bits per heavy atom. The lowest BCUT2D eigenvalue weighted by Gasteiger charge is -2.23. The largest absolute Gasteiger partial charge is 0.492 e. The van der Waals surface area contributed by atoms with Crippen molar-refractivity contribution in [2.45, 2.75) is 26.4 Å². The predicted molar refractivity (Wildman–Crippen MR) is 84.1 cm³/mol. The number of esters is 2. The fraction of sp³-hybridized carbons (Fsp3) is 0.467. The first-order valence-electron chi connectivity index (χ1n) is 6.71. The van der Waals surface area contributed by atoms with E-state index in [-0.39, 0.29) is 13.3 Å². The van der Waals surface area contributed by atoms with Crippen molar-refractivity contribution >= 4 is 27.9 Å². The summed E-state index contributed by atoms with van der Waals surface area (Å²) in [5, 5.41) is 0. The number of halogens is 1. The third-order valence-electron chi connectivity index (χ3n) is 2.43. The maximum absolute atomic E-state index is 12.1. The Kier molecular flexibility index (Phi) is 6.83. The molecule has 0 aliphatic rings. The number of nitrogens with two attached hydrogens (primary N) is 1. The lowest BCUT2D eigenvalue weighted by molar-refractivity contribution is -0.170. The van der Waals surface area contributed by atoms with Crippen LogP contribution >= 0.6 is 15.9 Å². The predicted octanol–water partition coefficient (Wildman–Crippen LogP) is 2.25. The highest BCUT2D eigenvalue weighted by Gasteiger charge is 2.33. The molecule has 0 amide bonds. The van der Waals surface area contributed by atoms with Gasteiger partial charge in [-0.05, 0) is 45.0 Å². The molecule has 1 unspecified atom stereocenters. The number of benzene rings is 1. The second-order valence-electron chi connectivity index (χ2n) is 5.48. The van der Waals surface area contributed by atoms with Crippen LogP contribution in [0, 0.1) is 5.92 Å². The fourth-order valence-corrected chi connectivity index (χ4v) is 1.76. The van der Waals surface area contributed by atoms with E-state index in [1.807, 2.05) is 0 Å². The topological polar surface area (TPSA) is 87.8 Å². The van der Waals surface area contributed by atoms with E-state index in [0.717, 1.165) is 4.47 Å². The second kappa shape index (κ2) is 8.14. The van der Waals surface area contributed by atoms with E-state index >= 15 is 0 Å². The van der Waals surface area contributed by atoms with E-state index in [4.69, 9.17) is 19.9 Å². The number of hydrogen-bond donors (Lipinski definition) is 1. The zero-order chi connectivity index (χ0) is 16.8. The van der Waals surface area contributed by atoms with Gasteiger partial charge in [0.05, 0.1) is 0 Å². The van der Waals surface area contributed by atoms with Crippen molar-refractivity contribution < 1.29 is 23.8 Å². The molecule has 122 valence electrons. The summed E-state index contributed by atoms with van der Waals surface area (Å²) in [7, 11) is 0. The lowest BCUT2D eigenvalue weighted by Crippen LogP contribution is -2.37. The van der Waals surface area contributed by atoms with Gasteiger partial charge in [0.1, 0.15) is 24.7 Å². The minimum Gasteiger partial charge on any atom is -0.492 e. The smallest absolute Gasteiger partial charge is 0.325 e. The molecule has 0 saturated heterocycles. The zero-order valence-corrected chi connectivity index (χ0v) is 14.4. The van der Waals surface area contributed by atoms with Gasteiger partial charge >= 0.3 is 11.9 Å². The van der Waals surface area contributed by atoms with Crippen LogP contribution in [0.15, 0.2) is 28.7 Å². The molecule has 1 atom stereocenters. The van der Waals surface area contributed by atoms with Gasteiger partial charge in [0.2, 0.25) is 0 Å². The summed E-state index contributed by atoms with van der Waals surface area (Å²) in [5.74, 6) is -2.14. The molecule has 0 spiro atoms. The van der Waals surface area contributed by atoms with E-state index < -0.39 is 23.5 Å². The molecule has 7 heteroatoms. The Hall–Kier alpha value is -1.60. The van der Waals surface area contributed by atoms with Gasteiger partial charge in [-0.2, -0.15) is 0 Å². The Morgan fingerprint density at radius 1 is 1.18 bits per heavy atom. The molecule has 0 bridgehead atoms. The maximum Gasteiger partial charge on any atom is 0.325 e. The van der Waals surface area contributed by atoms with Crippen LogP contribution in [0.5, 0.6) is 5.75 Å². The number of carbonyl (C=O) groups is 2. The van der Waals surface area contributed by atoms with Crippen molar-refractivity contribution in [3.8, 4) is 5.75 Å². The summed E-state index contributed by atoms with van der Waals surface area (Å²) < 4.78 is 16.3. The normalized spacial score (nSPS) is 12.4. The molecular formula is C15H20BrNO5. The van der Waals surface area contributed by atoms with Crippen LogP contribution in [0.25, 0.3) is 0 Å². The molecule has 0 aliphatic heterocycles. The van der Waals surface area contributed by atoms with Crippen LogP contribution in [0.3, 0.4) is 0 Å². The first-order valence-corrected chi connectivity index (χ1v) is 7.50. The Labute approximate surface area is 138 Å². The van der Waals surface area contributed by atoms with E-state index in [9.17, 15) is 9.59 Å². The third kappa shape index (κ3) is 6.44. The monoisotopic (exact) mass is 373 g/mol. The van der Waals surface area contributed by atoms with Crippen LogP contribution < -0.4 is 10.5 Å². The highest BCUT2D eigenvalue weighted by Crippen LogP contribution is 2.18. The van der Waals surface area contributed by atoms with Gasteiger partial charge in [0, 0.05) is 4.47 Å². The van der Waals surface area contributed by atoms with Gasteiger partial charge < -0.3 is 14.2 Å². The van der Waals surface area contributed by atoms with Crippen molar-refractivity contribution in [3.05, 3.63) is 28.7 Å². The molecule has 0 aromatic heterocycles. The molecule has 1 rings (SSSR count). The number of hydrogen-bond acceptors (Lipinski definition) is 6. The van der Waals surface area contributed by atoms with E-state index in [2.05, 4.69) is 15.9 Å². The average molecular weight is 374 g/mol. The van der Waals surface area contributed by atoms with Gasteiger partial charge in [-0.15, -0.1) is 0 Å². The van der Waals surface area contributed by atoms with Gasteiger partial charge in [0.25, 0.3) is 0 Å². The molecule has 0 heterocycles. The molecule has 0 fully saturated rings. The third-order valence-corrected chi connectivity index (χ3v) is 2.96. The summed E-state index contributed by atoms with van der Waals surface area (Å²) in [5.41, 5.74) is 4.46. The van der Waals surface area contributed by atoms with Crippen LogP contribution in [0.1, 0.15) is 20.8 Å². The van der Waals surface area contributed by atoms with Gasteiger partial charge in [-0.25, -0.2) is 0 Å². The molecule has 0 aliphatic carbocycles. The number of ether oxygens (including phenoxy) is 3. The Morgan fingerprint density at radius 3 is 2.27 bits per heavy atom. The molecule has 1 aromatic carbocycles. The van der Waals surface area contributed by atoms with Crippen molar-refractivity contribution in [2.75, 3.05) is 13.3 Å². The van der Waals surface area contributed by atoms with E-state index in [1.54, 1.807) is 45.0 Å². The Bertz CT molecular complexity index is 510. The molecular weight excluding hydrogens is 354 g/mol. The fourth-order valence-electron chi connectivity index (χ4n) is 1.50. The lowest BCUT2D eigenvalue weighted by atomic mass is 10.1. The highest BCUT2D eigenvalue weighted by atomic mass is 79.9. The van der Waals surface area contributed by atoms with Crippen LogP contribution in [0.2, 0.25) is 0 Å². The van der Waals surface area contributed by atoms with Crippen LogP contribution in [-0.4, -0.2) is 30.9 Å². The summed E-state index contributed by atoms with van der Waals surface area (Å²) in [6.45, 7) is 4.65. The van der Waals surface area contributed by atoms with Gasteiger partial charge in [0.15, 0.2) is 5.92 Å². The van der Waals surface area contributed by atoms with Crippen molar-refractivity contribution in [1.29, 1.82) is 0 Å². The maximum atomic E-state index is 12.1. The molecule has 0 saturated carbocycles. The van der Waals surface area contributed by atoms with E-state index in [0.29, 0.717) is 5.75 Å².